The first kappa shape index (κ1) is 13.0. The lowest BCUT2D eigenvalue weighted by atomic mass is 9.91. The molecule has 1 aliphatic rings. The first-order valence-corrected chi connectivity index (χ1v) is 6.96. The maximum absolute atomic E-state index is 5.91. The molecular weight excluding hydrogens is 250 g/mol. The van der Waals surface area contributed by atoms with E-state index in [9.17, 15) is 0 Å². The van der Waals surface area contributed by atoms with Crippen molar-refractivity contribution < 1.29 is 9.47 Å². The van der Waals surface area contributed by atoms with Crippen LogP contribution in [0.1, 0.15) is 16.8 Å². The lowest BCUT2D eigenvalue weighted by Crippen LogP contribution is -2.23. The molecule has 1 aromatic heterocycles. The summed E-state index contributed by atoms with van der Waals surface area (Å²) >= 11 is 0. The van der Waals surface area contributed by atoms with Gasteiger partial charge in [-0.2, -0.15) is 0 Å². The van der Waals surface area contributed by atoms with Crippen molar-refractivity contribution in [2.75, 3.05) is 13.7 Å². The van der Waals surface area contributed by atoms with E-state index in [-0.39, 0.29) is 0 Å². The van der Waals surface area contributed by atoms with Crippen molar-refractivity contribution in [3.63, 3.8) is 0 Å². The Morgan fingerprint density at radius 3 is 2.95 bits per heavy atom. The number of nitrogens with zero attached hydrogens (tertiary/aromatic N) is 1. The topological polar surface area (TPSA) is 31.4 Å². The Balaban J connectivity index is 1.74. The van der Waals surface area contributed by atoms with E-state index >= 15 is 0 Å². The summed E-state index contributed by atoms with van der Waals surface area (Å²) in [4.78, 5) is 4.36. The minimum Gasteiger partial charge on any atom is -0.493 e. The third kappa shape index (κ3) is 2.62. The molecule has 20 heavy (non-hydrogen) atoms. The predicted octanol–water partition coefficient (Wildman–Crippen LogP) is 3.19. The van der Waals surface area contributed by atoms with Gasteiger partial charge in [-0.15, -0.1) is 0 Å². The summed E-state index contributed by atoms with van der Waals surface area (Å²) in [5, 5.41) is 0. The largest absolute Gasteiger partial charge is 0.493 e. The van der Waals surface area contributed by atoms with Gasteiger partial charge in [0.05, 0.1) is 13.7 Å². The molecule has 0 bridgehead atoms. The van der Waals surface area contributed by atoms with Gasteiger partial charge in [0.15, 0.2) is 11.5 Å². The molecule has 3 nitrogen and oxygen atoms in total. The van der Waals surface area contributed by atoms with E-state index in [1.165, 1.54) is 11.1 Å². The van der Waals surface area contributed by atoms with Crippen LogP contribution >= 0.6 is 0 Å². The van der Waals surface area contributed by atoms with Gasteiger partial charge < -0.3 is 9.47 Å². The summed E-state index contributed by atoms with van der Waals surface area (Å²) < 4.78 is 11.3. The van der Waals surface area contributed by atoms with Crippen molar-refractivity contribution >= 4 is 0 Å². The normalized spacial score (nSPS) is 17.2. The van der Waals surface area contributed by atoms with Crippen LogP contribution in [0.15, 0.2) is 36.5 Å². The molecule has 0 spiro atoms. The van der Waals surface area contributed by atoms with Crippen LogP contribution < -0.4 is 9.47 Å². The highest BCUT2D eigenvalue weighted by Gasteiger charge is 2.22. The van der Waals surface area contributed by atoms with Crippen LogP contribution in [0.5, 0.6) is 11.5 Å². The third-order valence-corrected chi connectivity index (χ3v) is 3.75. The zero-order valence-corrected chi connectivity index (χ0v) is 11.9. The molecule has 0 radical (unpaired) electrons. The molecule has 0 saturated heterocycles. The first-order chi connectivity index (χ1) is 9.76. The first-order valence-electron chi connectivity index (χ1n) is 6.96. The van der Waals surface area contributed by atoms with Crippen molar-refractivity contribution in [2.24, 2.45) is 5.92 Å². The third-order valence-electron chi connectivity index (χ3n) is 3.75. The molecule has 1 atom stereocenters. The number of hydrogen-bond donors (Lipinski definition) is 0. The highest BCUT2D eigenvalue weighted by molar-refractivity contribution is 5.47. The number of fused-ring (bicyclic) bond motifs is 1. The van der Waals surface area contributed by atoms with Crippen LogP contribution in [-0.2, 0) is 12.8 Å². The minimum absolute atomic E-state index is 0.499. The highest BCUT2D eigenvalue weighted by Crippen LogP contribution is 2.36. The second-order valence-corrected chi connectivity index (χ2v) is 5.34. The van der Waals surface area contributed by atoms with Crippen LogP contribution in [0.25, 0.3) is 0 Å². The summed E-state index contributed by atoms with van der Waals surface area (Å²) in [6.07, 6.45) is 4.00. The van der Waals surface area contributed by atoms with E-state index in [0.717, 1.165) is 36.6 Å². The number of aromatic nitrogens is 1. The second kappa shape index (κ2) is 5.53. The average molecular weight is 269 g/mol. The van der Waals surface area contributed by atoms with Crippen LogP contribution in [0, 0.1) is 12.8 Å². The predicted molar refractivity (Wildman–Crippen MR) is 78.4 cm³/mol. The van der Waals surface area contributed by atoms with Crippen LogP contribution in [0.2, 0.25) is 0 Å². The Bertz CT molecular complexity index is 592. The summed E-state index contributed by atoms with van der Waals surface area (Å²) in [5.41, 5.74) is 3.57. The number of benzene rings is 1. The number of rotatable bonds is 3. The summed E-state index contributed by atoms with van der Waals surface area (Å²) in [6.45, 7) is 2.75. The van der Waals surface area contributed by atoms with Gasteiger partial charge in [-0.1, -0.05) is 18.2 Å². The van der Waals surface area contributed by atoms with E-state index in [4.69, 9.17) is 9.47 Å². The van der Waals surface area contributed by atoms with Gasteiger partial charge in [0, 0.05) is 17.8 Å². The Morgan fingerprint density at radius 1 is 1.30 bits per heavy atom. The van der Waals surface area contributed by atoms with Gasteiger partial charge in [0.1, 0.15) is 0 Å². The standard InChI is InChI=1S/C17H19NO2/c1-12-6-7-13(10-18-12)8-14-9-15-4-3-5-16(19-2)17(15)20-11-14/h3-7,10,14H,8-9,11H2,1-2H3/t14-/m1/s1. The Labute approximate surface area is 119 Å². The zero-order valence-electron chi connectivity index (χ0n) is 11.9. The lowest BCUT2D eigenvalue weighted by molar-refractivity contribution is 0.211. The molecule has 0 saturated carbocycles. The number of pyridine rings is 1. The summed E-state index contributed by atoms with van der Waals surface area (Å²) in [7, 11) is 1.68. The molecule has 1 aromatic carbocycles. The van der Waals surface area contributed by atoms with E-state index < -0.39 is 0 Å². The van der Waals surface area contributed by atoms with Gasteiger partial charge in [-0.3, -0.25) is 4.98 Å². The number of aryl methyl sites for hydroxylation is 1. The highest BCUT2D eigenvalue weighted by atomic mass is 16.5. The molecule has 2 heterocycles. The molecule has 0 unspecified atom stereocenters. The summed E-state index contributed by atoms with van der Waals surface area (Å²) in [5.74, 6) is 2.24. The second-order valence-electron chi connectivity index (χ2n) is 5.34. The van der Waals surface area contributed by atoms with Crippen molar-refractivity contribution in [3.8, 4) is 11.5 Å². The molecule has 104 valence electrons. The van der Waals surface area contributed by atoms with E-state index in [1.54, 1.807) is 7.11 Å². The monoisotopic (exact) mass is 269 g/mol. The molecule has 2 aromatic rings. The fourth-order valence-corrected chi connectivity index (χ4v) is 2.70. The number of methoxy groups -OCH3 is 1. The van der Waals surface area contributed by atoms with Crippen LogP contribution in [0.3, 0.4) is 0 Å². The van der Waals surface area contributed by atoms with Crippen LogP contribution in [-0.4, -0.2) is 18.7 Å². The molecule has 0 N–H and O–H groups in total. The van der Waals surface area contributed by atoms with Crippen molar-refractivity contribution in [1.29, 1.82) is 0 Å². The van der Waals surface area contributed by atoms with Gasteiger partial charge >= 0.3 is 0 Å². The Hall–Kier alpha value is -2.03. The molecule has 1 aliphatic heterocycles. The fraction of sp³-hybridized carbons (Fsp3) is 0.353. The quantitative estimate of drug-likeness (QED) is 0.857. The summed E-state index contributed by atoms with van der Waals surface area (Å²) in [6, 6.07) is 10.3. The molecule has 0 amide bonds. The van der Waals surface area contributed by atoms with Crippen LogP contribution in [0.4, 0.5) is 0 Å². The van der Waals surface area contributed by atoms with Gasteiger partial charge in [0.2, 0.25) is 0 Å². The Kier molecular flexibility index (Phi) is 3.59. The van der Waals surface area contributed by atoms with Gasteiger partial charge in [-0.05, 0) is 43.0 Å². The maximum atomic E-state index is 5.91. The Morgan fingerprint density at radius 2 is 2.20 bits per heavy atom. The molecule has 3 rings (SSSR count). The number of ether oxygens (including phenoxy) is 2. The number of para-hydroxylation sites is 1. The van der Waals surface area contributed by atoms with Crippen molar-refractivity contribution in [3.05, 3.63) is 53.3 Å². The van der Waals surface area contributed by atoms with Crippen molar-refractivity contribution in [1.82, 2.24) is 4.98 Å². The number of hydrogen-bond acceptors (Lipinski definition) is 3. The SMILES string of the molecule is COc1cccc2c1OC[C@H](Cc1ccc(C)nc1)C2. The molecule has 0 aliphatic carbocycles. The molecule has 3 heteroatoms. The molecular formula is C17H19NO2. The lowest BCUT2D eigenvalue weighted by Gasteiger charge is -2.26. The van der Waals surface area contributed by atoms with Gasteiger partial charge in [0.25, 0.3) is 0 Å². The minimum atomic E-state index is 0.499. The van der Waals surface area contributed by atoms with Gasteiger partial charge in [-0.25, -0.2) is 0 Å². The van der Waals surface area contributed by atoms with E-state index in [2.05, 4.69) is 23.2 Å². The average Bonchev–Trinajstić information content (AvgIpc) is 2.49. The maximum Gasteiger partial charge on any atom is 0.164 e. The van der Waals surface area contributed by atoms with E-state index in [0.29, 0.717) is 5.92 Å². The zero-order chi connectivity index (χ0) is 13.9. The smallest absolute Gasteiger partial charge is 0.164 e. The van der Waals surface area contributed by atoms with Crippen molar-refractivity contribution in [2.45, 2.75) is 19.8 Å². The molecule has 0 fully saturated rings. The fourth-order valence-electron chi connectivity index (χ4n) is 2.70. The van der Waals surface area contributed by atoms with E-state index in [1.807, 2.05) is 25.3 Å².